The van der Waals surface area contributed by atoms with Gasteiger partial charge in [0.1, 0.15) is 0 Å². The summed E-state index contributed by atoms with van der Waals surface area (Å²) in [5, 5.41) is 0. The molecule has 0 fully saturated rings. The predicted molar refractivity (Wildman–Crippen MR) is 308 cm³/mol. The first kappa shape index (κ1) is 156. The summed E-state index contributed by atoms with van der Waals surface area (Å²) in [6.07, 6.45) is 0. The van der Waals surface area contributed by atoms with E-state index in [-0.39, 0.29) is 193 Å². The molecular formula is C32H80O48P16Ti4+16. The Labute approximate surface area is 654 Å². The van der Waals surface area contributed by atoms with Gasteiger partial charge in [-0.3, -0.25) is 0 Å². The number of hydrogen-bond acceptors (Lipinski definition) is 48. The van der Waals surface area contributed by atoms with Gasteiger partial charge in [0.15, 0.2) is 0 Å². The minimum absolute atomic E-state index is 0. The van der Waals surface area contributed by atoms with E-state index >= 15 is 0 Å². The van der Waals surface area contributed by atoms with Crippen LogP contribution in [0.25, 0.3) is 0 Å². The van der Waals surface area contributed by atoms with Crippen molar-refractivity contribution < 1.29 is 311 Å². The van der Waals surface area contributed by atoms with E-state index in [0.29, 0.717) is 0 Å². The van der Waals surface area contributed by atoms with Crippen LogP contribution in [0, 0.1) is 0 Å². The molecule has 0 saturated heterocycles. The summed E-state index contributed by atoms with van der Waals surface area (Å²) in [7, 11) is -41.6. The predicted octanol–water partition coefficient (Wildman–Crippen LogP) is 0.640. The molecule has 0 aliphatic rings. The number of hydrogen-bond donors (Lipinski definition) is 0. The fraction of sp³-hybridized carbons (Fsp3) is 1.00. The van der Waals surface area contributed by atoms with Crippen LogP contribution in [0.15, 0.2) is 0 Å². The molecule has 16 atom stereocenters. The fourth-order valence-corrected chi connectivity index (χ4v) is 5.06. The molecule has 0 aromatic carbocycles. The first-order valence-electron chi connectivity index (χ1n) is 24.7. The summed E-state index contributed by atoms with van der Waals surface area (Å²) in [5.74, 6) is 0. The Hall–Kier alpha value is 3.18. The third-order valence-corrected chi connectivity index (χ3v) is 11.3. The Morgan fingerprint density at radius 2 is 0.160 bits per heavy atom. The average molecular weight is 1920 g/mol. The van der Waals surface area contributed by atoms with Gasteiger partial charge < -0.3 is 78.3 Å². The molecule has 0 bridgehead atoms. The van der Waals surface area contributed by atoms with E-state index in [1.54, 1.807) is 111 Å². The molecule has 0 heterocycles. The van der Waals surface area contributed by atoms with Gasteiger partial charge in [-0.1, -0.05) is 0 Å². The maximum Gasteiger partial charge on any atom is 4.00 e. The van der Waals surface area contributed by atoms with E-state index in [1.165, 1.54) is 0 Å². The molecule has 0 spiro atoms. The van der Waals surface area contributed by atoms with Gasteiger partial charge in [-0.25, -0.2) is 0 Å². The van der Waals surface area contributed by atoms with Crippen molar-refractivity contribution in [1.29, 1.82) is 0 Å². The molecule has 0 aromatic rings. The zero-order valence-electron chi connectivity index (χ0n) is 56.1. The van der Waals surface area contributed by atoms with Crippen molar-refractivity contribution >= 4 is 132 Å². The van der Waals surface area contributed by atoms with Crippen molar-refractivity contribution in [2.24, 2.45) is 0 Å². The van der Waals surface area contributed by atoms with Crippen LogP contribution in [-0.4, -0.2) is 106 Å². The van der Waals surface area contributed by atoms with E-state index in [4.69, 9.17) is 0 Å². The standard InChI is InChI=1S/16C2H5O3P.4Ti/c16*1-2-5-6(3)4;;;;/h16*2H2,1H3;;;;/q;;;;;;;;;;;;;;;;4*+4. The van der Waals surface area contributed by atoms with Crippen LogP contribution in [-0.2, 0) is 232 Å². The second-order valence-corrected chi connectivity index (χ2v) is 21.5. The van der Waals surface area contributed by atoms with Gasteiger partial charge in [0.2, 0.25) is 0 Å². The van der Waals surface area contributed by atoms with Crippen molar-refractivity contribution in [2.45, 2.75) is 111 Å². The molecule has 576 valence electrons. The van der Waals surface area contributed by atoms with Crippen LogP contribution in [0.2, 0.25) is 0 Å². The SMILES string of the molecule is CCO[P+](=O)[O-].CCO[P+](=O)[O-].CCO[P+](=O)[O-].CCO[P+](=O)[O-].CCO[P+](=O)[O-].CCO[P+](=O)[O-].CCO[P+](=O)[O-].CCO[P+](=O)[O-].CCO[P+](=O)[O-].CCO[P+](=O)[O-].CCO[P+](=O)[O-].CCO[P+](=O)[O-].CCO[P+](=O)[O-].CCO[P+](=O)[O-].CCO[P+](=O)[O-].CCO[P+](=O)[O-].[Ti+4].[Ti+4].[Ti+4].[Ti+4]. The molecule has 0 aliphatic carbocycles. The Morgan fingerprint density at radius 1 is 0.130 bits per heavy atom. The quantitative estimate of drug-likeness (QED) is 0.0658. The van der Waals surface area contributed by atoms with E-state index in [0.717, 1.165) is 0 Å². The van der Waals surface area contributed by atoms with E-state index in [9.17, 15) is 151 Å². The first-order valence-corrected chi connectivity index (χ1v) is 42.2. The zero-order chi connectivity index (χ0) is 79.9. The van der Waals surface area contributed by atoms with Gasteiger partial charge in [-0.2, -0.15) is 0 Å². The maximum absolute atomic E-state index is 9.41. The summed E-state index contributed by atoms with van der Waals surface area (Å²) in [6.45, 7) is 29.6. The van der Waals surface area contributed by atoms with E-state index in [2.05, 4.69) is 72.4 Å². The molecule has 0 amide bonds. The molecular weight excluding hydrogens is 1840 g/mol. The topological polar surface area (TPSA) is 790 Å². The van der Waals surface area contributed by atoms with Crippen molar-refractivity contribution in [3.63, 3.8) is 0 Å². The molecule has 0 radical (unpaired) electrons. The van der Waals surface area contributed by atoms with Crippen LogP contribution < -0.4 is 78.3 Å². The van der Waals surface area contributed by atoms with Crippen molar-refractivity contribution in [1.82, 2.24) is 0 Å². The molecule has 0 N–H and O–H groups in total. The molecule has 0 rings (SSSR count). The normalized spacial score (nSPS) is 10.9. The summed E-state index contributed by atoms with van der Waals surface area (Å²) < 4.78 is 215. The second kappa shape index (κ2) is 151. The van der Waals surface area contributed by atoms with Crippen LogP contribution in [0.4, 0.5) is 0 Å². The molecule has 100 heavy (non-hydrogen) atoms. The smallest absolute Gasteiger partial charge is 0.566 e. The molecule has 0 aliphatic heterocycles. The summed E-state index contributed by atoms with van der Waals surface area (Å²) in [6, 6.07) is 0. The van der Waals surface area contributed by atoms with Crippen LogP contribution >= 0.6 is 132 Å². The second-order valence-electron chi connectivity index (χ2n) is 10.3. The molecule has 0 saturated carbocycles. The zero-order valence-corrected chi connectivity index (χ0v) is 76.6. The largest absolute Gasteiger partial charge is 4.00 e. The first-order chi connectivity index (χ1) is 44.3. The monoisotopic (exact) mass is 1920 g/mol. The number of rotatable bonds is 32. The van der Waals surface area contributed by atoms with Crippen LogP contribution in [0.3, 0.4) is 0 Å². The van der Waals surface area contributed by atoms with Crippen molar-refractivity contribution in [3.8, 4) is 0 Å². The van der Waals surface area contributed by atoms with Gasteiger partial charge in [0, 0.05) is 0 Å². The maximum atomic E-state index is 9.41. The van der Waals surface area contributed by atoms with Crippen molar-refractivity contribution in [2.75, 3.05) is 106 Å². The van der Waals surface area contributed by atoms with Crippen molar-refractivity contribution in [3.05, 3.63) is 0 Å². The van der Waals surface area contributed by atoms with E-state index < -0.39 is 132 Å². The summed E-state index contributed by atoms with van der Waals surface area (Å²) in [5.41, 5.74) is 0. The van der Waals surface area contributed by atoms with Crippen LogP contribution in [0.5, 0.6) is 0 Å². The average Bonchev–Trinajstić information content (AvgIpc) is 3.41. The summed E-state index contributed by atoms with van der Waals surface area (Å²) >= 11 is 0. The minimum Gasteiger partial charge on any atom is -0.566 e. The third-order valence-electron chi connectivity index (χ3n) is 3.75. The molecule has 68 heteroatoms. The Balaban J connectivity index is -0.0000000378. The van der Waals surface area contributed by atoms with E-state index in [1.807, 2.05) is 0 Å². The minimum atomic E-state index is -2.60. The Bertz CT molecular complexity index is 1380. The molecule has 16 unspecified atom stereocenters. The van der Waals surface area contributed by atoms with Gasteiger partial charge >= 0.3 is 219 Å². The van der Waals surface area contributed by atoms with Gasteiger partial charge in [-0.15, -0.1) is 72.4 Å². The van der Waals surface area contributed by atoms with Gasteiger partial charge in [0.05, 0.1) is 106 Å². The molecule has 0 aromatic heterocycles. The summed E-state index contributed by atoms with van der Waals surface area (Å²) in [4.78, 5) is 151. The Kier molecular flexibility index (Phi) is 235. The third kappa shape index (κ3) is 388. The Morgan fingerprint density at radius 3 is 0.160 bits per heavy atom. The van der Waals surface area contributed by atoms with Crippen LogP contribution in [0.1, 0.15) is 111 Å². The molecule has 48 nitrogen and oxygen atoms in total. The fourth-order valence-electron chi connectivity index (χ4n) is 1.69. The van der Waals surface area contributed by atoms with Gasteiger partial charge in [-0.05, 0) is 184 Å². The van der Waals surface area contributed by atoms with Gasteiger partial charge in [0.25, 0.3) is 0 Å².